The van der Waals surface area contributed by atoms with Gasteiger partial charge in [0.15, 0.2) is 0 Å². The van der Waals surface area contributed by atoms with Crippen molar-refractivity contribution >= 4 is 126 Å². The standard InChI is InChI=1S/C72H48B2N4OS.CH4/c1-7-25-49(26-8-1)57-37-19-22-40-62(57)78-64-48-69-61(74-59-39-21-24-42-67(59)79-68-45-56(46-70(80-69)72(68)74)76(52-31-13-4-14-32-52)53-33-15-5-16-34-53)47-60(64)73-58-38-20-23-41-63(58)77(54-35-17-6-18-36-54)65-43-55(44-66(78)71(65)73)75(50-27-9-2-10-28-50)51-29-11-3-12-30-51;/h1-48H;1H4. The smallest absolute Gasteiger partial charge is 0.253 e. The molecule has 382 valence electrons. The van der Waals surface area contributed by atoms with Crippen LogP contribution in [0.2, 0.25) is 0 Å². The molecule has 0 atom stereocenters. The molecule has 0 fully saturated rings. The Balaban J connectivity index is 0.00000564. The summed E-state index contributed by atoms with van der Waals surface area (Å²) in [7, 11) is 0. The Morgan fingerprint density at radius 3 is 1.41 bits per heavy atom. The summed E-state index contributed by atoms with van der Waals surface area (Å²) in [5, 5.41) is 0. The lowest BCUT2D eigenvalue weighted by atomic mass is 9.31. The van der Waals surface area contributed by atoms with Crippen LogP contribution in [0.15, 0.2) is 301 Å². The molecule has 0 aliphatic carbocycles. The average Bonchev–Trinajstić information content (AvgIpc) is 3.70. The van der Waals surface area contributed by atoms with E-state index in [2.05, 4.69) is 311 Å². The van der Waals surface area contributed by atoms with E-state index in [-0.39, 0.29) is 20.9 Å². The van der Waals surface area contributed by atoms with Gasteiger partial charge in [-0.3, -0.25) is 0 Å². The Morgan fingerprint density at radius 1 is 0.309 bits per heavy atom. The van der Waals surface area contributed by atoms with Crippen molar-refractivity contribution in [3.63, 3.8) is 0 Å². The lowest BCUT2D eigenvalue weighted by molar-refractivity contribution is 0.486. The maximum atomic E-state index is 7.10. The second kappa shape index (κ2) is 19.8. The van der Waals surface area contributed by atoms with Crippen molar-refractivity contribution < 1.29 is 4.74 Å². The quantitative estimate of drug-likeness (QED) is 0.133. The molecule has 0 aromatic heterocycles. The van der Waals surface area contributed by atoms with Gasteiger partial charge in [0.2, 0.25) is 0 Å². The molecule has 12 aromatic carbocycles. The summed E-state index contributed by atoms with van der Waals surface area (Å²) in [6.45, 7) is -0.207. The Hall–Kier alpha value is -9.88. The van der Waals surface area contributed by atoms with Gasteiger partial charge in [-0.1, -0.05) is 207 Å². The Kier molecular flexibility index (Phi) is 11.8. The molecular formula is C73H52B2N4OS. The van der Waals surface area contributed by atoms with Crippen molar-refractivity contribution in [2.75, 3.05) is 19.6 Å². The fourth-order valence-electron chi connectivity index (χ4n) is 13.0. The Bertz CT molecular complexity index is 4270. The van der Waals surface area contributed by atoms with Crippen LogP contribution in [-0.4, -0.2) is 13.4 Å². The molecule has 8 heteroatoms. The van der Waals surface area contributed by atoms with Gasteiger partial charge in [-0.25, -0.2) is 0 Å². The molecule has 0 saturated heterocycles. The van der Waals surface area contributed by atoms with Gasteiger partial charge in [0.1, 0.15) is 11.5 Å². The molecule has 12 aromatic rings. The first kappa shape index (κ1) is 48.3. The third-order valence-electron chi connectivity index (χ3n) is 16.3. The number of fused-ring (bicyclic) bond motifs is 8. The van der Waals surface area contributed by atoms with E-state index >= 15 is 0 Å². The van der Waals surface area contributed by atoms with Crippen LogP contribution in [0.5, 0.6) is 11.5 Å². The zero-order valence-electron chi connectivity index (χ0n) is 43.5. The molecular weight excluding hydrogens is 1000 g/mol. The Morgan fingerprint density at radius 2 is 0.790 bits per heavy atom. The summed E-state index contributed by atoms with van der Waals surface area (Å²) < 4.78 is 7.10. The minimum Gasteiger partial charge on any atom is -0.458 e. The SMILES string of the molecule is C.c1ccc(-c2ccccc2N2c3cc4c(cc3B3c5ccccc5N(c5ccccc5)c5cc(N(c6ccccc6)c6ccccc6)cc2c53)B2c3ccccc3Oc3cc(N(c5ccccc5)c5ccccc5)cc(c32)S4)cc1. The molecule has 0 N–H and O–H groups in total. The number of benzene rings is 12. The van der Waals surface area contributed by atoms with E-state index in [9.17, 15) is 0 Å². The highest BCUT2D eigenvalue weighted by molar-refractivity contribution is 8.00. The summed E-state index contributed by atoms with van der Waals surface area (Å²) in [6.07, 6.45) is 0. The largest absolute Gasteiger partial charge is 0.458 e. The normalized spacial score (nSPS) is 12.8. The predicted molar refractivity (Wildman–Crippen MR) is 344 cm³/mol. The first-order valence-corrected chi connectivity index (χ1v) is 28.2. The topological polar surface area (TPSA) is 22.2 Å². The second-order valence-corrected chi connectivity index (χ2v) is 21.9. The molecule has 81 heavy (non-hydrogen) atoms. The van der Waals surface area contributed by atoms with Gasteiger partial charge in [0.25, 0.3) is 13.4 Å². The monoisotopic (exact) mass is 1050 g/mol. The summed E-state index contributed by atoms with van der Waals surface area (Å²) in [5.74, 6) is 1.77. The third-order valence-corrected chi connectivity index (χ3v) is 17.4. The molecule has 0 bridgehead atoms. The first-order valence-electron chi connectivity index (χ1n) is 27.4. The van der Waals surface area contributed by atoms with Crippen molar-refractivity contribution in [1.29, 1.82) is 0 Å². The number of rotatable bonds is 9. The van der Waals surface area contributed by atoms with Crippen molar-refractivity contribution in [2.24, 2.45) is 0 Å². The van der Waals surface area contributed by atoms with Crippen LogP contribution in [0, 0.1) is 0 Å². The van der Waals surface area contributed by atoms with Gasteiger partial charge >= 0.3 is 0 Å². The summed E-state index contributed by atoms with van der Waals surface area (Å²) in [4.78, 5) is 12.3. The average molecular weight is 1050 g/mol. The van der Waals surface area contributed by atoms with Crippen molar-refractivity contribution in [2.45, 2.75) is 17.2 Å². The Labute approximate surface area is 478 Å². The lowest BCUT2D eigenvalue weighted by Gasteiger charge is -2.46. The summed E-state index contributed by atoms with van der Waals surface area (Å²) in [5.41, 5.74) is 23.0. The molecule has 0 radical (unpaired) electrons. The number of para-hydroxylation sites is 8. The maximum Gasteiger partial charge on any atom is 0.253 e. The van der Waals surface area contributed by atoms with Crippen molar-refractivity contribution in [3.05, 3.63) is 291 Å². The molecule has 4 aliphatic rings. The van der Waals surface area contributed by atoms with Gasteiger partial charge in [-0.05, 0) is 136 Å². The molecule has 4 heterocycles. The van der Waals surface area contributed by atoms with Gasteiger partial charge in [0.05, 0.1) is 17.1 Å². The zero-order valence-corrected chi connectivity index (χ0v) is 44.3. The van der Waals surface area contributed by atoms with Crippen LogP contribution in [0.25, 0.3) is 11.1 Å². The second-order valence-electron chi connectivity index (χ2n) is 20.8. The molecule has 0 spiro atoms. The number of anilines is 12. The highest BCUT2D eigenvalue weighted by Gasteiger charge is 2.47. The highest BCUT2D eigenvalue weighted by Crippen LogP contribution is 2.51. The van der Waals surface area contributed by atoms with Crippen LogP contribution in [0.3, 0.4) is 0 Å². The summed E-state index contributed by atoms with van der Waals surface area (Å²) in [6, 6.07) is 106. The van der Waals surface area contributed by atoms with Crippen LogP contribution < -0.4 is 57.1 Å². The number of hydrogen-bond donors (Lipinski definition) is 0. The van der Waals surface area contributed by atoms with Gasteiger partial charge in [0, 0.05) is 72.6 Å². The van der Waals surface area contributed by atoms with E-state index < -0.39 is 0 Å². The van der Waals surface area contributed by atoms with Gasteiger partial charge < -0.3 is 24.3 Å². The van der Waals surface area contributed by atoms with E-state index in [1.54, 1.807) is 0 Å². The van der Waals surface area contributed by atoms with E-state index in [0.717, 1.165) is 85.2 Å². The molecule has 4 aliphatic heterocycles. The highest BCUT2D eigenvalue weighted by atomic mass is 32.2. The molecule has 0 amide bonds. The number of hydrogen-bond acceptors (Lipinski definition) is 6. The molecule has 5 nitrogen and oxygen atoms in total. The minimum absolute atomic E-state index is 0. The van der Waals surface area contributed by atoms with Crippen LogP contribution in [0.4, 0.5) is 68.2 Å². The third kappa shape index (κ3) is 7.89. The summed E-state index contributed by atoms with van der Waals surface area (Å²) >= 11 is 1.86. The maximum absolute atomic E-state index is 7.10. The minimum atomic E-state index is -0.124. The fraction of sp³-hybridized carbons (Fsp3) is 0.0137. The van der Waals surface area contributed by atoms with Crippen molar-refractivity contribution in [1.82, 2.24) is 0 Å². The molecule has 16 rings (SSSR count). The van der Waals surface area contributed by atoms with Gasteiger partial charge in [-0.2, -0.15) is 0 Å². The zero-order chi connectivity index (χ0) is 52.7. The van der Waals surface area contributed by atoms with Crippen molar-refractivity contribution in [3.8, 4) is 22.6 Å². The van der Waals surface area contributed by atoms with E-state index in [0.29, 0.717) is 0 Å². The van der Waals surface area contributed by atoms with Crippen LogP contribution >= 0.6 is 11.8 Å². The van der Waals surface area contributed by atoms with E-state index in [4.69, 9.17) is 4.74 Å². The molecule has 0 unspecified atom stereocenters. The van der Waals surface area contributed by atoms with Crippen LogP contribution in [-0.2, 0) is 0 Å². The predicted octanol–water partition coefficient (Wildman–Crippen LogP) is 16.1. The van der Waals surface area contributed by atoms with Gasteiger partial charge in [-0.15, -0.1) is 0 Å². The number of nitrogens with zero attached hydrogens (tertiary/aromatic N) is 4. The fourth-order valence-corrected chi connectivity index (χ4v) is 14.2. The van der Waals surface area contributed by atoms with E-state index in [1.807, 2.05) is 11.8 Å². The number of ether oxygens (including phenoxy) is 1. The molecule has 0 saturated carbocycles. The van der Waals surface area contributed by atoms with Crippen LogP contribution in [0.1, 0.15) is 7.43 Å². The lowest BCUT2D eigenvalue weighted by Crippen LogP contribution is -2.64. The van der Waals surface area contributed by atoms with E-state index in [1.165, 1.54) is 48.3 Å². The first-order chi connectivity index (χ1) is 39.7.